The van der Waals surface area contributed by atoms with Crippen molar-refractivity contribution in [1.29, 1.82) is 0 Å². The van der Waals surface area contributed by atoms with Crippen LogP contribution >= 0.6 is 0 Å². The van der Waals surface area contributed by atoms with E-state index in [1.165, 1.54) is 32.1 Å². The van der Waals surface area contributed by atoms with Gasteiger partial charge in [-0.3, -0.25) is 19.2 Å². The van der Waals surface area contributed by atoms with E-state index in [0.29, 0.717) is 0 Å². The predicted molar refractivity (Wildman–Crippen MR) is 148 cm³/mol. The zero-order valence-electron chi connectivity index (χ0n) is 25.1. The van der Waals surface area contributed by atoms with Crippen molar-refractivity contribution in [3.63, 3.8) is 0 Å². The summed E-state index contributed by atoms with van der Waals surface area (Å²) in [7, 11) is 0. The van der Waals surface area contributed by atoms with Gasteiger partial charge in [0.15, 0.2) is 11.5 Å². The fourth-order valence-corrected chi connectivity index (χ4v) is 8.94. The molecule has 40 heavy (non-hydrogen) atoms. The summed E-state index contributed by atoms with van der Waals surface area (Å²) >= 11 is 0. The Bertz CT molecular complexity index is 1250. The summed E-state index contributed by atoms with van der Waals surface area (Å²) in [5, 5.41) is 33.8. The minimum absolute atomic E-state index is 0.0182. The monoisotopic (exact) mass is 556 g/mol. The van der Waals surface area contributed by atoms with Crippen LogP contribution < -0.4 is 0 Å². The highest BCUT2D eigenvalue weighted by atomic mass is 16.6. The fraction of sp³-hybridized carbons (Fsp3) is 0.688. The highest BCUT2D eigenvalue weighted by molar-refractivity contribution is 6.00. The molecule has 0 aromatic carbocycles. The number of ketones is 3. The molecule has 2 fully saturated rings. The van der Waals surface area contributed by atoms with E-state index in [1.54, 1.807) is 27.7 Å². The van der Waals surface area contributed by atoms with Gasteiger partial charge in [0, 0.05) is 36.0 Å². The SMILES string of the molecule is CC(=O)OC(C)(C)C=CC(=O)C(C)(O)C1C(O)CC2(C)C3C=CC4C(C=C(O)C(=O)C4(C)C)C3(C)C(=O)CC12C. The predicted octanol–water partition coefficient (Wildman–Crippen LogP) is 4.05. The van der Waals surface area contributed by atoms with Crippen LogP contribution in [0.4, 0.5) is 0 Å². The Balaban J connectivity index is 1.77. The second kappa shape index (κ2) is 8.96. The third-order valence-corrected chi connectivity index (χ3v) is 11.2. The number of rotatable bonds is 5. The number of allylic oxidation sites excluding steroid dienone is 4. The molecule has 2 saturated carbocycles. The lowest BCUT2D eigenvalue weighted by Gasteiger charge is -2.63. The molecule has 0 heterocycles. The van der Waals surface area contributed by atoms with Crippen LogP contribution in [0, 0.1) is 45.3 Å². The summed E-state index contributed by atoms with van der Waals surface area (Å²) in [6.07, 6.45) is 7.31. The summed E-state index contributed by atoms with van der Waals surface area (Å²) in [5.74, 6) is -3.95. The summed E-state index contributed by atoms with van der Waals surface area (Å²) in [6, 6.07) is 0. The first kappa shape index (κ1) is 30.4. The molecule has 0 radical (unpaired) electrons. The van der Waals surface area contributed by atoms with Crippen molar-refractivity contribution in [2.45, 2.75) is 92.5 Å². The third kappa shape index (κ3) is 4.00. The number of fused-ring (bicyclic) bond motifs is 5. The Morgan fingerprint density at radius 1 is 1.02 bits per heavy atom. The van der Waals surface area contributed by atoms with Gasteiger partial charge in [0.05, 0.1) is 6.10 Å². The van der Waals surface area contributed by atoms with Crippen LogP contribution in [-0.2, 0) is 23.9 Å². The molecular weight excluding hydrogens is 512 g/mol. The number of ether oxygens (including phenoxy) is 1. The highest BCUT2D eigenvalue weighted by Crippen LogP contribution is 2.73. The average Bonchev–Trinajstić information content (AvgIpc) is 3.01. The van der Waals surface area contributed by atoms with Crippen LogP contribution in [0.15, 0.2) is 36.1 Å². The van der Waals surface area contributed by atoms with Crippen molar-refractivity contribution >= 4 is 23.3 Å². The molecule has 8 nitrogen and oxygen atoms in total. The van der Waals surface area contributed by atoms with Gasteiger partial charge in [0.25, 0.3) is 0 Å². The number of hydrogen-bond donors (Lipinski definition) is 3. The average molecular weight is 557 g/mol. The maximum Gasteiger partial charge on any atom is 0.303 e. The van der Waals surface area contributed by atoms with Gasteiger partial charge < -0.3 is 20.1 Å². The molecule has 4 aliphatic carbocycles. The molecule has 0 aliphatic heterocycles. The van der Waals surface area contributed by atoms with Crippen molar-refractivity contribution in [3.05, 3.63) is 36.1 Å². The maximum absolute atomic E-state index is 14.3. The summed E-state index contributed by atoms with van der Waals surface area (Å²) < 4.78 is 5.22. The number of hydrogen-bond acceptors (Lipinski definition) is 8. The number of aliphatic hydroxyl groups excluding tert-OH is 2. The molecule has 0 aromatic rings. The summed E-state index contributed by atoms with van der Waals surface area (Å²) in [6.45, 7) is 15.2. The van der Waals surface area contributed by atoms with Crippen LogP contribution in [0.2, 0.25) is 0 Å². The number of aliphatic hydroxyl groups is 3. The molecule has 3 N–H and O–H groups in total. The van der Waals surface area contributed by atoms with Crippen molar-refractivity contribution in [1.82, 2.24) is 0 Å². The quantitative estimate of drug-likeness (QED) is 0.262. The number of Topliss-reactive ketones (excluding diaryl/α,β-unsaturated/α-hetero) is 2. The Hall–Kier alpha value is -2.58. The van der Waals surface area contributed by atoms with Crippen LogP contribution in [0.1, 0.15) is 75.2 Å². The summed E-state index contributed by atoms with van der Waals surface area (Å²) in [4.78, 5) is 51.9. The molecule has 0 bridgehead atoms. The molecular formula is C32H44O8. The van der Waals surface area contributed by atoms with E-state index in [4.69, 9.17) is 4.74 Å². The van der Waals surface area contributed by atoms with Crippen molar-refractivity contribution in [2.75, 3.05) is 0 Å². The van der Waals surface area contributed by atoms with Gasteiger partial charge in [-0.25, -0.2) is 0 Å². The molecule has 0 spiro atoms. The molecule has 9 unspecified atom stereocenters. The molecule has 0 amide bonds. The lowest BCUT2D eigenvalue weighted by Crippen LogP contribution is -2.65. The van der Waals surface area contributed by atoms with E-state index >= 15 is 0 Å². The van der Waals surface area contributed by atoms with Gasteiger partial charge in [0.2, 0.25) is 5.78 Å². The number of esters is 1. The van der Waals surface area contributed by atoms with E-state index in [2.05, 4.69) is 0 Å². The Morgan fingerprint density at radius 2 is 1.62 bits per heavy atom. The lowest BCUT2D eigenvalue weighted by atomic mass is 9.39. The van der Waals surface area contributed by atoms with Crippen LogP contribution in [0.3, 0.4) is 0 Å². The summed E-state index contributed by atoms with van der Waals surface area (Å²) in [5.41, 5.74) is -6.59. The van der Waals surface area contributed by atoms with Crippen molar-refractivity contribution in [3.8, 4) is 0 Å². The van der Waals surface area contributed by atoms with Gasteiger partial charge in [-0.2, -0.15) is 0 Å². The molecule has 0 aromatic heterocycles. The number of carbonyl (C=O) groups is 4. The zero-order chi connectivity index (χ0) is 30.4. The topological polar surface area (TPSA) is 138 Å². The van der Waals surface area contributed by atoms with Crippen LogP contribution in [0.25, 0.3) is 0 Å². The van der Waals surface area contributed by atoms with Crippen LogP contribution in [0.5, 0.6) is 0 Å². The van der Waals surface area contributed by atoms with E-state index < -0.39 is 62.6 Å². The Labute approximate surface area is 236 Å². The van der Waals surface area contributed by atoms with Gasteiger partial charge in [0.1, 0.15) is 17.0 Å². The third-order valence-electron chi connectivity index (χ3n) is 11.2. The van der Waals surface area contributed by atoms with Gasteiger partial charge >= 0.3 is 5.97 Å². The first-order valence-electron chi connectivity index (χ1n) is 14.1. The molecule has 8 heteroatoms. The standard InChI is InChI=1S/C32H44O8/c1-17(33)40-27(2,3)13-12-23(36)32(9,39)25-21(35)15-29(6)22-11-10-18-19(14-20(34)26(38)28(18,4)5)31(22,8)24(37)16-30(25,29)7/h10-14,18-19,21-22,25,34-35,39H,15-16H2,1-9H3. The second-order valence-corrected chi connectivity index (χ2v) is 14.5. The van der Waals surface area contributed by atoms with E-state index in [9.17, 15) is 34.5 Å². The van der Waals surface area contributed by atoms with Gasteiger partial charge in [-0.15, -0.1) is 0 Å². The zero-order valence-corrected chi connectivity index (χ0v) is 25.1. The maximum atomic E-state index is 14.3. The smallest absolute Gasteiger partial charge is 0.303 e. The molecule has 0 saturated heterocycles. The van der Waals surface area contributed by atoms with Crippen molar-refractivity contribution in [2.24, 2.45) is 45.3 Å². The fourth-order valence-electron chi connectivity index (χ4n) is 8.94. The van der Waals surface area contributed by atoms with Gasteiger partial charge in [-0.05, 0) is 68.1 Å². The molecule has 9 atom stereocenters. The minimum atomic E-state index is -2.01. The molecule has 4 aliphatic rings. The lowest BCUT2D eigenvalue weighted by molar-refractivity contribution is -0.178. The first-order valence-corrected chi connectivity index (χ1v) is 14.1. The first-order chi connectivity index (χ1) is 18.1. The normalized spacial score (nSPS) is 42.0. The molecule has 4 rings (SSSR count). The van der Waals surface area contributed by atoms with Crippen molar-refractivity contribution < 1.29 is 39.2 Å². The highest BCUT2D eigenvalue weighted by Gasteiger charge is 2.74. The molecule has 220 valence electrons. The van der Waals surface area contributed by atoms with E-state index in [1.807, 2.05) is 32.9 Å². The number of carbonyl (C=O) groups excluding carboxylic acids is 4. The largest absolute Gasteiger partial charge is 0.505 e. The van der Waals surface area contributed by atoms with Gasteiger partial charge in [-0.1, -0.05) is 46.8 Å². The van der Waals surface area contributed by atoms with E-state index in [-0.39, 0.29) is 42.0 Å². The minimum Gasteiger partial charge on any atom is -0.505 e. The Morgan fingerprint density at radius 3 is 2.20 bits per heavy atom. The van der Waals surface area contributed by atoms with Crippen LogP contribution in [-0.4, -0.2) is 55.9 Å². The second-order valence-electron chi connectivity index (χ2n) is 14.5. The van der Waals surface area contributed by atoms with E-state index in [0.717, 1.165) is 0 Å². The Kier molecular flexibility index (Phi) is 6.80.